The van der Waals surface area contributed by atoms with Crippen molar-refractivity contribution in [2.45, 2.75) is 65.3 Å². The molecule has 168 valence electrons. The molecule has 0 saturated carbocycles. The van der Waals surface area contributed by atoms with Gasteiger partial charge in [0.05, 0.1) is 24.4 Å². The first-order chi connectivity index (χ1) is 13.8. The van der Waals surface area contributed by atoms with Crippen LogP contribution in [0.4, 0.5) is 9.18 Å². The molecule has 1 aliphatic heterocycles. The highest BCUT2D eigenvalue weighted by atomic mass is 19.1. The lowest BCUT2D eigenvalue weighted by molar-refractivity contribution is 0.00578. The molecule has 0 aromatic heterocycles. The van der Waals surface area contributed by atoms with Crippen molar-refractivity contribution in [1.29, 1.82) is 0 Å². The number of benzene rings is 1. The molecular formula is C21H33BFNO6. The molecule has 1 saturated heterocycles. The van der Waals surface area contributed by atoms with Crippen LogP contribution in [-0.2, 0) is 18.8 Å². The maximum Gasteiger partial charge on any atom is 0.498 e. The normalized spacial score (nSPS) is 17.7. The Hall–Kier alpha value is -1.84. The quantitative estimate of drug-likeness (QED) is 0.510. The summed E-state index contributed by atoms with van der Waals surface area (Å²) in [6.45, 7) is 14.3. The number of carbonyl (C=O) groups is 1. The number of alkyl carbamates (subject to hydrolysis) is 1. The molecule has 2 rings (SSSR count). The van der Waals surface area contributed by atoms with E-state index in [-0.39, 0.29) is 13.2 Å². The fourth-order valence-corrected chi connectivity index (χ4v) is 2.65. The van der Waals surface area contributed by atoms with Crippen LogP contribution in [0.25, 0.3) is 0 Å². The van der Waals surface area contributed by atoms with Crippen molar-refractivity contribution < 1.29 is 32.7 Å². The van der Waals surface area contributed by atoms with Gasteiger partial charge in [0.2, 0.25) is 0 Å². The maximum atomic E-state index is 13.8. The molecule has 1 amide bonds. The summed E-state index contributed by atoms with van der Waals surface area (Å²) < 4.78 is 42.1. The van der Waals surface area contributed by atoms with Crippen LogP contribution in [-0.4, -0.2) is 56.4 Å². The number of hydrogen-bond acceptors (Lipinski definition) is 6. The summed E-state index contributed by atoms with van der Waals surface area (Å²) in [6, 6.07) is 4.27. The molecule has 1 aromatic rings. The monoisotopic (exact) mass is 425 g/mol. The summed E-state index contributed by atoms with van der Waals surface area (Å²) in [5.74, 6) is -0.0586. The summed E-state index contributed by atoms with van der Waals surface area (Å²) in [7, 11) is -0.649. The first-order valence-corrected chi connectivity index (χ1v) is 10.1. The zero-order valence-electron chi connectivity index (χ0n) is 19.0. The molecule has 7 nitrogen and oxygen atoms in total. The first-order valence-electron chi connectivity index (χ1n) is 10.1. The van der Waals surface area contributed by atoms with Gasteiger partial charge in [0.1, 0.15) is 23.8 Å². The van der Waals surface area contributed by atoms with Crippen molar-refractivity contribution in [3.8, 4) is 5.75 Å². The highest BCUT2D eigenvalue weighted by Gasteiger charge is 2.52. The standard InChI is InChI=1S/C21H33BFNO6/c1-19(2,3)28-18(25)24-10-11-26-12-13-27-17-14-15(23)8-9-16(17)22-29-20(4,5)21(6,7)30-22/h8-9,14H,10-13H2,1-7H3,(H,24,25). The maximum absolute atomic E-state index is 13.8. The summed E-state index contributed by atoms with van der Waals surface area (Å²) >= 11 is 0. The van der Waals surface area contributed by atoms with Crippen molar-refractivity contribution in [2.24, 2.45) is 0 Å². The smallest absolute Gasteiger partial charge is 0.491 e. The largest absolute Gasteiger partial charge is 0.498 e. The van der Waals surface area contributed by atoms with Gasteiger partial charge in [-0.05, 0) is 54.5 Å². The van der Waals surface area contributed by atoms with Gasteiger partial charge >= 0.3 is 13.2 Å². The Morgan fingerprint density at radius 2 is 1.73 bits per heavy atom. The lowest BCUT2D eigenvalue weighted by atomic mass is 9.78. The van der Waals surface area contributed by atoms with Gasteiger partial charge < -0.3 is 28.8 Å². The Morgan fingerprint density at radius 1 is 1.10 bits per heavy atom. The molecule has 1 N–H and O–H groups in total. The van der Waals surface area contributed by atoms with Crippen LogP contribution in [0.1, 0.15) is 48.5 Å². The highest BCUT2D eigenvalue weighted by molar-refractivity contribution is 6.63. The van der Waals surface area contributed by atoms with E-state index in [2.05, 4.69) is 5.32 Å². The SMILES string of the molecule is CC(C)(C)OC(=O)NCCOCCOc1cc(F)ccc1B1OC(C)(C)C(C)(C)O1. The molecule has 0 aliphatic carbocycles. The van der Waals surface area contributed by atoms with E-state index in [4.69, 9.17) is 23.5 Å². The third-order valence-electron chi connectivity index (χ3n) is 4.88. The minimum atomic E-state index is -0.649. The number of nitrogens with one attached hydrogen (secondary N) is 1. The summed E-state index contributed by atoms with van der Waals surface area (Å²) in [5, 5.41) is 2.61. The average Bonchev–Trinajstić information content (AvgIpc) is 2.80. The van der Waals surface area contributed by atoms with E-state index in [1.807, 2.05) is 27.7 Å². The number of hydrogen-bond donors (Lipinski definition) is 1. The van der Waals surface area contributed by atoms with Crippen LogP contribution in [0.15, 0.2) is 18.2 Å². The predicted molar refractivity (Wildman–Crippen MR) is 113 cm³/mol. The van der Waals surface area contributed by atoms with E-state index in [9.17, 15) is 9.18 Å². The Kier molecular flexibility index (Phi) is 7.77. The predicted octanol–water partition coefficient (Wildman–Crippen LogP) is 3.05. The average molecular weight is 425 g/mol. The molecule has 1 heterocycles. The van der Waals surface area contributed by atoms with E-state index >= 15 is 0 Å². The van der Waals surface area contributed by atoms with Crippen molar-refractivity contribution in [3.63, 3.8) is 0 Å². The number of carbonyl (C=O) groups excluding carboxylic acids is 1. The van der Waals surface area contributed by atoms with Crippen LogP contribution in [0.2, 0.25) is 0 Å². The molecule has 0 atom stereocenters. The van der Waals surface area contributed by atoms with E-state index in [0.717, 1.165) is 0 Å². The van der Waals surface area contributed by atoms with Crippen molar-refractivity contribution >= 4 is 18.7 Å². The third-order valence-corrected chi connectivity index (χ3v) is 4.88. The van der Waals surface area contributed by atoms with Gasteiger partial charge in [-0.25, -0.2) is 9.18 Å². The minimum Gasteiger partial charge on any atom is -0.491 e. The molecule has 1 aromatic carbocycles. The molecule has 0 bridgehead atoms. The zero-order valence-corrected chi connectivity index (χ0v) is 19.0. The number of amides is 1. The van der Waals surface area contributed by atoms with Crippen molar-refractivity contribution in [1.82, 2.24) is 5.32 Å². The zero-order chi connectivity index (χ0) is 22.6. The highest BCUT2D eigenvalue weighted by Crippen LogP contribution is 2.37. The Bertz CT molecular complexity index is 719. The van der Waals surface area contributed by atoms with Gasteiger partial charge in [-0.1, -0.05) is 6.07 Å². The molecule has 30 heavy (non-hydrogen) atoms. The minimum absolute atomic E-state index is 0.211. The lowest BCUT2D eigenvalue weighted by Gasteiger charge is -2.32. The molecule has 0 unspecified atom stereocenters. The Labute approximate surface area is 178 Å². The molecule has 1 aliphatic rings. The van der Waals surface area contributed by atoms with Gasteiger partial charge in [-0.2, -0.15) is 0 Å². The number of ether oxygens (including phenoxy) is 3. The van der Waals surface area contributed by atoms with E-state index in [1.54, 1.807) is 26.8 Å². The van der Waals surface area contributed by atoms with Crippen LogP contribution >= 0.6 is 0 Å². The molecular weight excluding hydrogens is 392 g/mol. The fraction of sp³-hybridized carbons (Fsp3) is 0.667. The van der Waals surface area contributed by atoms with Gasteiger partial charge in [-0.3, -0.25) is 0 Å². The summed E-state index contributed by atoms with van der Waals surface area (Å²) in [4.78, 5) is 11.5. The van der Waals surface area contributed by atoms with Gasteiger partial charge in [0.15, 0.2) is 0 Å². The second-order valence-electron chi connectivity index (χ2n) is 9.16. The Balaban J connectivity index is 1.80. The Morgan fingerprint density at radius 3 is 2.33 bits per heavy atom. The van der Waals surface area contributed by atoms with Crippen LogP contribution in [0, 0.1) is 5.82 Å². The van der Waals surface area contributed by atoms with Gasteiger partial charge in [0.25, 0.3) is 0 Å². The molecule has 1 fully saturated rings. The third kappa shape index (κ3) is 6.85. The first kappa shape index (κ1) is 24.4. The van der Waals surface area contributed by atoms with Gasteiger partial charge in [0, 0.05) is 18.1 Å². The number of halogens is 1. The van der Waals surface area contributed by atoms with E-state index < -0.39 is 35.8 Å². The van der Waals surface area contributed by atoms with Crippen molar-refractivity contribution in [2.75, 3.05) is 26.4 Å². The molecule has 0 spiro atoms. The fourth-order valence-electron chi connectivity index (χ4n) is 2.65. The molecule has 0 radical (unpaired) electrons. The second kappa shape index (κ2) is 9.53. The second-order valence-corrected chi connectivity index (χ2v) is 9.16. The molecule has 9 heteroatoms. The topological polar surface area (TPSA) is 75.3 Å². The van der Waals surface area contributed by atoms with Crippen LogP contribution in [0.3, 0.4) is 0 Å². The van der Waals surface area contributed by atoms with Crippen LogP contribution < -0.4 is 15.5 Å². The summed E-state index contributed by atoms with van der Waals surface area (Å²) in [6.07, 6.45) is -0.492. The van der Waals surface area contributed by atoms with E-state index in [0.29, 0.717) is 24.4 Å². The van der Waals surface area contributed by atoms with E-state index in [1.165, 1.54) is 12.1 Å². The van der Waals surface area contributed by atoms with Crippen LogP contribution in [0.5, 0.6) is 5.75 Å². The number of rotatable bonds is 8. The summed E-state index contributed by atoms with van der Waals surface area (Å²) in [5.41, 5.74) is -0.929. The lowest BCUT2D eigenvalue weighted by Crippen LogP contribution is -2.41. The van der Waals surface area contributed by atoms with Crippen molar-refractivity contribution in [3.05, 3.63) is 24.0 Å². The van der Waals surface area contributed by atoms with Gasteiger partial charge in [-0.15, -0.1) is 0 Å².